The number of hydrogen-bond acceptors (Lipinski definition) is 3. The van der Waals surface area contributed by atoms with Gasteiger partial charge in [0.15, 0.2) is 0 Å². The number of carbonyl (C=O) groups is 2. The van der Waals surface area contributed by atoms with E-state index in [0.717, 1.165) is 5.56 Å². The van der Waals surface area contributed by atoms with Gasteiger partial charge in [-0.25, -0.2) is 0 Å². The van der Waals surface area contributed by atoms with Crippen LogP contribution in [0.2, 0.25) is 0 Å². The number of benzene rings is 1. The summed E-state index contributed by atoms with van der Waals surface area (Å²) in [6, 6.07) is 7.18. The molecule has 0 bridgehead atoms. The van der Waals surface area contributed by atoms with Crippen molar-refractivity contribution in [3.05, 3.63) is 29.8 Å². The molecular formula is C13H18N2O3. The van der Waals surface area contributed by atoms with Crippen LogP contribution in [0.5, 0.6) is 0 Å². The molecule has 0 heterocycles. The van der Waals surface area contributed by atoms with Gasteiger partial charge in [-0.2, -0.15) is 0 Å². The molecule has 0 aliphatic carbocycles. The number of aliphatic carboxylic acids is 1. The number of carboxylic acid groups (broad SMARTS) is 1. The Balaban J connectivity index is 2.64. The summed E-state index contributed by atoms with van der Waals surface area (Å²) in [6.07, 6.45) is 0.530. The lowest BCUT2D eigenvalue weighted by Crippen LogP contribution is -2.26. The Kier molecular flexibility index (Phi) is 5.32. The number of amides is 1. The summed E-state index contributed by atoms with van der Waals surface area (Å²) in [4.78, 5) is 22.1. The van der Waals surface area contributed by atoms with Gasteiger partial charge in [0.25, 0.3) is 0 Å². The molecule has 0 aliphatic heterocycles. The zero-order chi connectivity index (χ0) is 13.5. The van der Waals surface area contributed by atoms with E-state index in [2.05, 4.69) is 5.32 Å². The van der Waals surface area contributed by atoms with Gasteiger partial charge in [-0.15, -0.1) is 0 Å². The van der Waals surface area contributed by atoms with Crippen molar-refractivity contribution < 1.29 is 14.7 Å². The third-order valence-electron chi connectivity index (χ3n) is 2.62. The molecule has 0 saturated carbocycles. The van der Waals surface area contributed by atoms with Gasteiger partial charge in [0, 0.05) is 24.6 Å². The van der Waals surface area contributed by atoms with E-state index in [-0.39, 0.29) is 18.2 Å². The van der Waals surface area contributed by atoms with Crippen molar-refractivity contribution in [1.82, 2.24) is 0 Å². The van der Waals surface area contributed by atoms with Crippen LogP contribution in [0.1, 0.15) is 18.9 Å². The van der Waals surface area contributed by atoms with E-state index in [9.17, 15) is 9.59 Å². The fraction of sp³-hybridized carbons (Fsp3) is 0.385. The van der Waals surface area contributed by atoms with Gasteiger partial charge in [-0.3, -0.25) is 9.59 Å². The number of hydrogen-bond donors (Lipinski definition) is 3. The van der Waals surface area contributed by atoms with Crippen LogP contribution < -0.4 is 11.1 Å². The number of anilines is 1. The first-order valence-electron chi connectivity index (χ1n) is 5.84. The normalized spacial score (nSPS) is 11.9. The van der Waals surface area contributed by atoms with Crippen molar-refractivity contribution in [3.63, 3.8) is 0 Å². The molecule has 1 unspecified atom stereocenters. The van der Waals surface area contributed by atoms with E-state index in [4.69, 9.17) is 10.8 Å². The number of carbonyl (C=O) groups excluding carboxylic acids is 1. The van der Waals surface area contributed by atoms with Crippen molar-refractivity contribution in [3.8, 4) is 0 Å². The molecule has 1 rings (SSSR count). The van der Waals surface area contributed by atoms with Crippen molar-refractivity contribution in [2.75, 3.05) is 11.9 Å². The summed E-state index contributed by atoms with van der Waals surface area (Å²) < 4.78 is 0. The van der Waals surface area contributed by atoms with E-state index in [1.54, 1.807) is 25.1 Å². The van der Waals surface area contributed by atoms with Gasteiger partial charge >= 0.3 is 5.97 Å². The summed E-state index contributed by atoms with van der Waals surface area (Å²) >= 11 is 0. The first kappa shape index (κ1) is 14.2. The Morgan fingerprint density at radius 2 is 2.17 bits per heavy atom. The number of aryl methyl sites for hydroxylation is 1. The second kappa shape index (κ2) is 6.76. The summed E-state index contributed by atoms with van der Waals surface area (Å²) in [5.41, 5.74) is 6.97. The molecule has 18 heavy (non-hydrogen) atoms. The molecule has 0 saturated heterocycles. The van der Waals surface area contributed by atoms with Crippen molar-refractivity contribution in [2.45, 2.75) is 19.8 Å². The minimum absolute atomic E-state index is 0.0800. The monoisotopic (exact) mass is 250 g/mol. The van der Waals surface area contributed by atoms with E-state index in [0.29, 0.717) is 18.7 Å². The van der Waals surface area contributed by atoms with Gasteiger partial charge in [0.05, 0.1) is 0 Å². The Morgan fingerprint density at radius 3 is 2.78 bits per heavy atom. The van der Waals surface area contributed by atoms with E-state index in [1.165, 1.54) is 0 Å². The average Bonchev–Trinajstić information content (AvgIpc) is 2.35. The summed E-state index contributed by atoms with van der Waals surface area (Å²) in [5.74, 6) is -1.21. The van der Waals surface area contributed by atoms with Gasteiger partial charge < -0.3 is 16.2 Å². The third kappa shape index (κ3) is 4.55. The molecule has 0 aromatic heterocycles. The standard InChI is InChI=1S/C13H18N2O3/c1-9(8-14)13(18)15-11-4-2-3-10(7-11)5-6-12(16)17/h2-4,7,9H,5-6,8,14H2,1H3,(H,15,18)(H,16,17). The van der Waals surface area contributed by atoms with Crippen LogP contribution >= 0.6 is 0 Å². The molecule has 0 spiro atoms. The first-order valence-corrected chi connectivity index (χ1v) is 5.84. The number of carboxylic acids is 1. The smallest absolute Gasteiger partial charge is 0.303 e. The van der Waals surface area contributed by atoms with Gasteiger partial charge in [0.1, 0.15) is 0 Å². The highest BCUT2D eigenvalue weighted by Gasteiger charge is 2.10. The van der Waals surface area contributed by atoms with Crippen molar-refractivity contribution in [1.29, 1.82) is 0 Å². The first-order chi connectivity index (χ1) is 8.52. The minimum atomic E-state index is -0.832. The largest absolute Gasteiger partial charge is 0.481 e. The molecule has 0 fully saturated rings. The molecule has 0 aliphatic rings. The van der Waals surface area contributed by atoms with Crippen LogP contribution in [0.3, 0.4) is 0 Å². The average molecular weight is 250 g/mol. The molecule has 1 amide bonds. The summed E-state index contributed by atoms with van der Waals surface area (Å²) in [6.45, 7) is 2.05. The second-order valence-corrected chi connectivity index (χ2v) is 4.22. The third-order valence-corrected chi connectivity index (χ3v) is 2.62. The fourth-order valence-corrected chi connectivity index (χ4v) is 1.43. The highest BCUT2D eigenvalue weighted by molar-refractivity contribution is 5.92. The summed E-state index contributed by atoms with van der Waals surface area (Å²) in [5, 5.41) is 11.4. The van der Waals surface area contributed by atoms with E-state index >= 15 is 0 Å². The van der Waals surface area contributed by atoms with Crippen LogP contribution in [-0.2, 0) is 16.0 Å². The molecule has 5 heteroatoms. The molecule has 1 aromatic carbocycles. The Bertz CT molecular complexity index is 432. The maximum absolute atomic E-state index is 11.6. The predicted octanol–water partition coefficient (Wildman–Crippen LogP) is 1.24. The van der Waals surface area contributed by atoms with Crippen LogP contribution in [-0.4, -0.2) is 23.5 Å². The number of rotatable bonds is 6. The number of nitrogens with one attached hydrogen (secondary N) is 1. The highest BCUT2D eigenvalue weighted by Crippen LogP contribution is 2.13. The van der Waals surface area contributed by atoms with Gasteiger partial charge in [-0.1, -0.05) is 19.1 Å². The Morgan fingerprint density at radius 1 is 1.44 bits per heavy atom. The topological polar surface area (TPSA) is 92.4 Å². The SMILES string of the molecule is CC(CN)C(=O)Nc1cccc(CCC(=O)O)c1. The lowest BCUT2D eigenvalue weighted by molar-refractivity contribution is -0.137. The molecule has 1 atom stereocenters. The van der Waals surface area contributed by atoms with Gasteiger partial charge in [-0.05, 0) is 24.1 Å². The highest BCUT2D eigenvalue weighted by atomic mass is 16.4. The summed E-state index contributed by atoms with van der Waals surface area (Å²) in [7, 11) is 0. The van der Waals surface area contributed by atoms with Crippen molar-refractivity contribution >= 4 is 17.6 Å². The molecular weight excluding hydrogens is 232 g/mol. The zero-order valence-corrected chi connectivity index (χ0v) is 10.3. The second-order valence-electron chi connectivity index (χ2n) is 4.22. The molecule has 4 N–H and O–H groups in total. The van der Waals surface area contributed by atoms with Gasteiger partial charge in [0.2, 0.25) is 5.91 Å². The van der Waals surface area contributed by atoms with Crippen LogP contribution in [0.4, 0.5) is 5.69 Å². The number of nitrogens with two attached hydrogens (primary N) is 1. The van der Waals surface area contributed by atoms with E-state index in [1.807, 2.05) is 6.07 Å². The predicted molar refractivity (Wildman–Crippen MR) is 69.2 cm³/mol. The quantitative estimate of drug-likeness (QED) is 0.708. The fourth-order valence-electron chi connectivity index (χ4n) is 1.43. The maximum atomic E-state index is 11.6. The molecule has 5 nitrogen and oxygen atoms in total. The Labute approximate surface area is 106 Å². The van der Waals surface area contributed by atoms with Crippen LogP contribution in [0, 0.1) is 5.92 Å². The van der Waals surface area contributed by atoms with Crippen LogP contribution in [0.15, 0.2) is 24.3 Å². The molecule has 98 valence electrons. The Hall–Kier alpha value is -1.88. The lowest BCUT2D eigenvalue weighted by atomic mass is 10.1. The van der Waals surface area contributed by atoms with E-state index < -0.39 is 5.97 Å². The maximum Gasteiger partial charge on any atom is 0.303 e. The molecule has 0 radical (unpaired) electrons. The van der Waals surface area contributed by atoms with Crippen molar-refractivity contribution in [2.24, 2.45) is 11.7 Å². The lowest BCUT2D eigenvalue weighted by Gasteiger charge is -2.10. The zero-order valence-electron chi connectivity index (χ0n) is 10.3. The minimum Gasteiger partial charge on any atom is -0.481 e. The molecule has 1 aromatic rings. The van der Waals surface area contributed by atoms with Crippen LogP contribution in [0.25, 0.3) is 0 Å².